The molecular weight excluding hydrogens is 474 g/mol. The van der Waals surface area contributed by atoms with E-state index in [4.69, 9.17) is 9.47 Å². The average Bonchev–Trinajstić information content (AvgIpc) is 3.38. The van der Waals surface area contributed by atoms with Gasteiger partial charge in [-0.15, -0.1) is 0 Å². The Morgan fingerprint density at radius 1 is 0.947 bits per heavy atom. The highest BCUT2D eigenvalue weighted by atomic mass is 16.5. The van der Waals surface area contributed by atoms with Crippen LogP contribution in [0.2, 0.25) is 0 Å². The van der Waals surface area contributed by atoms with Crippen molar-refractivity contribution in [1.29, 1.82) is 0 Å². The predicted molar refractivity (Wildman–Crippen MR) is 151 cm³/mol. The maximum atomic E-state index is 12.6. The van der Waals surface area contributed by atoms with Gasteiger partial charge in [0.05, 0.1) is 25.5 Å². The van der Waals surface area contributed by atoms with Crippen molar-refractivity contribution in [2.24, 2.45) is 0 Å². The van der Waals surface area contributed by atoms with Crippen LogP contribution in [0.15, 0.2) is 103 Å². The van der Waals surface area contributed by atoms with Crippen molar-refractivity contribution in [3.05, 3.63) is 126 Å². The lowest BCUT2D eigenvalue weighted by molar-refractivity contribution is -0.111. The van der Waals surface area contributed by atoms with Gasteiger partial charge in [0, 0.05) is 17.8 Å². The van der Waals surface area contributed by atoms with Crippen LogP contribution in [0.25, 0.3) is 16.8 Å². The van der Waals surface area contributed by atoms with Crippen molar-refractivity contribution in [3.8, 4) is 11.5 Å². The van der Waals surface area contributed by atoms with Gasteiger partial charge in [0.25, 0.3) is 0 Å². The highest BCUT2D eigenvalue weighted by Crippen LogP contribution is 2.24. The van der Waals surface area contributed by atoms with E-state index in [9.17, 15) is 4.79 Å². The molecule has 0 fully saturated rings. The molecule has 1 amide bonds. The lowest BCUT2D eigenvalue weighted by atomic mass is 10.0. The van der Waals surface area contributed by atoms with E-state index in [-0.39, 0.29) is 5.91 Å². The first-order valence-corrected chi connectivity index (χ1v) is 12.4. The summed E-state index contributed by atoms with van der Waals surface area (Å²) in [6, 6.07) is 28.2. The molecule has 1 aromatic heterocycles. The summed E-state index contributed by atoms with van der Waals surface area (Å²) in [7, 11) is 1.63. The van der Waals surface area contributed by atoms with E-state index in [1.54, 1.807) is 19.4 Å². The van der Waals surface area contributed by atoms with Crippen LogP contribution < -0.4 is 14.8 Å². The molecule has 1 heterocycles. The zero-order valence-corrected chi connectivity index (χ0v) is 21.4. The van der Waals surface area contributed by atoms with Crippen LogP contribution in [0.5, 0.6) is 11.5 Å². The maximum Gasteiger partial charge on any atom is 0.248 e. The second kappa shape index (κ2) is 11.5. The average molecular weight is 504 g/mol. The summed E-state index contributed by atoms with van der Waals surface area (Å²) in [5, 5.41) is 9.70. The first kappa shape index (κ1) is 24.8. The monoisotopic (exact) mass is 503 g/mol. The number of ether oxygens (including phenoxy) is 2. The van der Waals surface area contributed by atoms with E-state index in [1.807, 2.05) is 78.5 Å². The molecule has 0 radical (unpaired) electrons. The molecule has 0 aliphatic heterocycles. The number of benzene rings is 4. The highest BCUT2D eigenvalue weighted by molar-refractivity contribution is 6.01. The smallest absolute Gasteiger partial charge is 0.248 e. The van der Waals surface area contributed by atoms with Crippen molar-refractivity contribution in [3.63, 3.8) is 0 Å². The van der Waals surface area contributed by atoms with E-state index < -0.39 is 0 Å². The van der Waals surface area contributed by atoms with E-state index in [1.165, 1.54) is 22.4 Å². The Labute approximate surface area is 222 Å². The number of hydrogen-bond acceptors (Lipinski definition) is 4. The van der Waals surface area contributed by atoms with Gasteiger partial charge in [-0.25, -0.2) is 0 Å². The Balaban J connectivity index is 1.22. The van der Waals surface area contributed by atoms with E-state index in [0.717, 1.165) is 28.2 Å². The molecule has 0 spiro atoms. The van der Waals surface area contributed by atoms with Crippen LogP contribution in [-0.4, -0.2) is 22.8 Å². The van der Waals surface area contributed by atoms with Gasteiger partial charge in [-0.3, -0.25) is 9.48 Å². The van der Waals surface area contributed by atoms with E-state index in [2.05, 4.69) is 34.7 Å². The van der Waals surface area contributed by atoms with Gasteiger partial charge in [-0.1, -0.05) is 66.7 Å². The molecule has 38 heavy (non-hydrogen) atoms. The Morgan fingerprint density at radius 3 is 2.63 bits per heavy atom. The van der Waals surface area contributed by atoms with Crippen molar-refractivity contribution < 1.29 is 14.3 Å². The molecule has 0 unspecified atom stereocenters. The minimum atomic E-state index is -0.233. The van der Waals surface area contributed by atoms with Crippen molar-refractivity contribution >= 4 is 28.4 Å². The molecule has 0 atom stereocenters. The van der Waals surface area contributed by atoms with Crippen LogP contribution in [0.4, 0.5) is 5.69 Å². The Kier molecular flexibility index (Phi) is 7.50. The van der Waals surface area contributed by atoms with Crippen LogP contribution in [0.3, 0.4) is 0 Å². The zero-order chi connectivity index (χ0) is 26.3. The summed E-state index contributed by atoms with van der Waals surface area (Å²) in [6.07, 6.45) is 6.77. The zero-order valence-electron chi connectivity index (χ0n) is 21.4. The standard InChI is InChI=1S/C32H29N3O3/c1-23-8-3-6-13-30(23)38-22-27-18-24(14-16-31(27)37-2)15-17-32(36)34-28-19-33-35(21-28)20-26-11-7-10-25-9-4-5-12-29(25)26/h3-19,21H,20,22H2,1-2H3,(H,34,36)/b17-15+. The summed E-state index contributed by atoms with van der Waals surface area (Å²) in [5.74, 6) is 1.33. The van der Waals surface area contributed by atoms with Gasteiger partial charge in [0.2, 0.25) is 5.91 Å². The molecule has 0 bridgehead atoms. The highest BCUT2D eigenvalue weighted by Gasteiger charge is 2.08. The molecule has 0 aliphatic carbocycles. The summed E-state index contributed by atoms with van der Waals surface area (Å²) < 4.78 is 13.3. The second-order valence-electron chi connectivity index (χ2n) is 9.01. The maximum absolute atomic E-state index is 12.6. The summed E-state index contributed by atoms with van der Waals surface area (Å²) in [5.41, 5.74) is 4.65. The summed E-state index contributed by atoms with van der Waals surface area (Å²) >= 11 is 0. The number of rotatable bonds is 9. The molecule has 0 aliphatic rings. The Hall–Kier alpha value is -4.84. The molecule has 190 valence electrons. The molecule has 1 N–H and O–H groups in total. The molecule has 6 heteroatoms. The van der Waals surface area contributed by atoms with Crippen LogP contribution >= 0.6 is 0 Å². The molecule has 6 nitrogen and oxygen atoms in total. The summed E-state index contributed by atoms with van der Waals surface area (Å²) in [6.45, 7) is 2.99. The molecule has 0 saturated carbocycles. The topological polar surface area (TPSA) is 65.4 Å². The number of aryl methyl sites for hydroxylation is 1. The molecule has 5 aromatic rings. The van der Waals surface area contributed by atoms with E-state index in [0.29, 0.717) is 18.8 Å². The second-order valence-corrected chi connectivity index (χ2v) is 9.01. The number of fused-ring (bicyclic) bond motifs is 1. The number of hydrogen-bond donors (Lipinski definition) is 1. The van der Waals surface area contributed by atoms with Crippen molar-refractivity contribution in [2.45, 2.75) is 20.1 Å². The number of methoxy groups -OCH3 is 1. The molecule has 4 aromatic carbocycles. The number of para-hydroxylation sites is 1. The van der Waals surface area contributed by atoms with Gasteiger partial charge in [0.15, 0.2) is 0 Å². The van der Waals surface area contributed by atoms with Gasteiger partial charge >= 0.3 is 0 Å². The largest absolute Gasteiger partial charge is 0.496 e. The normalized spacial score (nSPS) is 11.1. The van der Waals surface area contributed by atoms with Gasteiger partial charge in [0.1, 0.15) is 18.1 Å². The lowest BCUT2D eigenvalue weighted by Crippen LogP contribution is -2.07. The van der Waals surface area contributed by atoms with E-state index >= 15 is 0 Å². The number of carbonyl (C=O) groups is 1. The van der Waals surface area contributed by atoms with Crippen LogP contribution in [-0.2, 0) is 17.9 Å². The number of nitrogens with zero attached hydrogens (tertiary/aromatic N) is 2. The third kappa shape index (κ3) is 5.93. The fourth-order valence-electron chi connectivity index (χ4n) is 4.36. The third-order valence-corrected chi connectivity index (χ3v) is 6.32. The van der Waals surface area contributed by atoms with Crippen LogP contribution in [0.1, 0.15) is 22.3 Å². The number of nitrogens with one attached hydrogen (secondary N) is 1. The minimum absolute atomic E-state index is 0.233. The fraction of sp³-hybridized carbons (Fsp3) is 0.125. The van der Waals surface area contributed by atoms with Crippen molar-refractivity contribution in [2.75, 3.05) is 12.4 Å². The molecule has 0 saturated heterocycles. The van der Waals surface area contributed by atoms with Crippen LogP contribution in [0, 0.1) is 6.92 Å². The lowest BCUT2D eigenvalue weighted by Gasteiger charge is -2.12. The minimum Gasteiger partial charge on any atom is -0.496 e. The Bertz CT molecular complexity index is 1600. The first-order valence-electron chi connectivity index (χ1n) is 12.4. The fourth-order valence-corrected chi connectivity index (χ4v) is 4.36. The third-order valence-electron chi connectivity index (χ3n) is 6.32. The first-order chi connectivity index (χ1) is 18.6. The molecular formula is C32H29N3O3. The van der Waals surface area contributed by atoms with Gasteiger partial charge < -0.3 is 14.8 Å². The quantitative estimate of drug-likeness (QED) is 0.229. The SMILES string of the molecule is COc1ccc(/C=C/C(=O)Nc2cnn(Cc3cccc4ccccc34)c2)cc1COc1ccccc1C. The van der Waals surface area contributed by atoms with Crippen molar-refractivity contribution in [1.82, 2.24) is 9.78 Å². The number of amides is 1. The summed E-state index contributed by atoms with van der Waals surface area (Å²) in [4.78, 5) is 12.6. The number of anilines is 1. The van der Waals surface area contributed by atoms with Gasteiger partial charge in [-0.05, 0) is 58.7 Å². The molecule has 5 rings (SSSR count). The number of aromatic nitrogens is 2. The number of carbonyl (C=O) groups excluding carboxylic acids is 1. The predicted octanol–water partition coefficient (Wildman–Crippen LogP) is 6.63. The van der Waals surface area contributed by atoms with Gasteiger partial charge in [-0.2, -0.15) is 5.10 Å². The Morgan fingerprint density at radius 2 is 1.76 bits per heavy atom.